The van der Waals surface area contributed by atoms with E-state index < -0.39 is 0 Å². The number of H-pyrrole nitrogens is 1. The largest absolute Gasteiger partial charge is 0.496 e. The lowest BCUT2D eigenvalue weighted by Gasteiger charge is -2.02. The highest BCUT2D eigenvalue weighted by Crippen LogP contribution is 2.26. The van der Waals surface area contributed by atoms with Crippen molar-refractivity contribution in [2.45, 2.75) is 6.92 Å². The van der Waals surface area contributed by atoms with E-state index >= 15 is 0 Å². The summed E-state index contributed by atoms with van der Waals surface area (Å²) in [6.07, 6.45) is 1.53. The van der Waals surface area contributed by atoms with E-state index in [1.165, 1.54) is 11.1 Å². The van der Waals surface area contributed by atoms with Crippen molar-refractivity contribution >= 4 is 23.5 Å². The Labute approximate surface area is 143 Å². The van der Waals surface area contributed by atoms with E-state index in [-0.39, 0.29) is 11.6 Å². The average Bonchev–Trinajstić information content (AvgIpc) is 3.24. The molecule has 1 aromatic carbocycles. The minimum atomic E-state index is -0.378. The molecule has 6 nitrogen and oxygen atoms in total. The number of carbonyl (C=O) groups is 1. The molecule has 7 heteroatoms. The van der Waals surface area contributed by atoms with Crippen LogP contribution in [0, 0.1) is 6.92 Å². The lowest BCUT2D eigenvalue weighted by atomic mass is 10.2. The number of ether oxygens (including phenoxy) is 1. The Kier molecular flexibility index (Phi) is 4.72. The number of aromatic nitrogens is 2. The van der Waals surface area contributed by atoms with Gasteiger partial charge in [0.15, 0.2) is 5.69 Å². The molecule has 2 heterocycles. The fraction of sp³-hybridized carbons (Fsp3) is 0.118. The highest BCUT2D eigenvalue weighted by Gasteiger charge is 2.11. The maximum Gasteiger partial charge on any atom is 0.291 e. The monoisotopic (exact) mass is 340 g/mol. The van der Waals surface area contributed by atoms with Crippen LogP contribution in [-0.2, 0) is 0 Å². The normalized spacial score (nSPS) is 10.9. The SMILES string of the molecule is COc1ccccc1/C=N\NC(=O)c1cc(-c2ccc(C)s2)[nH]n1. The van der Waals surface area contributed by atoms with Gasteiger partial charge in [-0.25, -0.2) is 5.43 Å². The topological polar surface area (TPSA) is 79.4 Å². The number of hydrazone groups is 1. The van der Waals surface area contributed by atoms with Crippen LogP contribution >= 0.6 is 11.3 Å². The van der Waals surface area contributed by atoms with Crippen LogP contribution in [0.15, 0.2) is 47.6 Å². The summed E-state index contributed by atoms with van der Waals surface area (Å²) in [5, 5.41) is 10.9. The van der Waals surface area contributed by atoms with Crippen molar-refractivity contribution < 1.29 is 9.53 Å². The summed E-state index contributed by atoms with van der Waals surface area (Å²) in [7, 11) is 1.59. The maximum absolute atomic E-state index is 12.1. The number of thiophene rings is 1. The van der Waals surface area contributed by atoms with Gasteiger partial charge in [-0.15, -0.1) is 11.3 Å². The minimum absolute atomic E-state index is 0.285. The van der Waals surface area contributed by atoms with Crippen LogP contribution in [0.5, 0.6) is 5.75 Å². The van der Waals surface area contributed by atoms with Crippen molar-refractivity contribution in [3.05, 3.63) is 58.6 Å². The Morgan fingerprint density at radius 2 is 2.17 bits per heavy atom. The first-order valence-corrected chi connectivity index (χ1v) is 8.07. The van der Waals surface area contributed by atoms with E-state index in [4.69, 9.17) is 4.74 Å². The summed E-state index contributed by atoms with van der Waals surface area (Å²) in [5.74, 6) is 0.308. The van der Waals surface area contributed by atoms with Crippen molar-refractivity contribution in [2.75, 3.05) is 7.11 Å². The number of hydrogen-bond acceptors (Lipinski definition) is 5. The Morgan fingerprint density at radius 3 is 2.92 bits per heavy atom. The number of rotatable bonds is 5. The average molecular weight is 340 g/mol. The van der Waals surface area contributed by atoms with Gasteiger partial charge in [0, 0.05) is 10.4 Å². The Balaban J connectivity index is 1.67. The molecule has 0 atom stereocenters. The number of aromatic amines is 1. The molecule has 0 aliphatic rings. The molecule has 0 saturated carbocycles. The maximum atomic E-state index is 12.1. The van der Waals surface area contributed by atoms with Gasteiger partial charge in [0.2, 0.25) is 0 Å². The molecule has 2 N–H and O–H groups in total. The van der Waals surface area contributed by atoms with Crippen LogP contribution in [-0.4, -0.2) is 29.4 Å². The number of methoxy groups -OCH3 is 1. The fourth-order valence-electron chi connectivity index (χ4n) is 2.13. The smallest absolute Gasteiger partial charge is 0.291 e. The summed E-state index contributed by atoms with van der Waals surface area (Å²) < 4.78 is 5.22. The number of amides is 1. The molecular weight excluding hydrogens is 324 g/mol. The van der Waals surface area contributed by atoms with Gasteiger partial charge in [0.05, 0.1) is 23.9 Å². The Bertz CT molecular complexity index is 882. The zero-order valence-corrected chi connectivity index (χ0v) is 14.1. The van der Waals surface area contributed by atoms with Crippen molar-refractivity contribution in [3.8, 4) is 16.3 Å². The van der Waals surface area contributed by atoms with Crippen LogP contribution in [0.25, 0.3) is 10.6 Å². The van der Waals surface area contributed by atoms with Crippen LogP contribution in [0.3, 0.4) is 0 Å². The number of carbonyl (C=O) groups excluding carboxylic acids is 1. The molecule has 2 aromatic heterocycles. The molecule has 0 spiro atoms. The number of nitrogens with zero attached hydrogens (tertiary/aromatic N) is 2. The van der Waals surface area contributed by atoms with E-state index in [9.17, 15) is 4.79 Å². The van der Waals surface area contributed by atoms with Gasteiger partial charge >= 0.3 is 0 Å². The predicted molar refractivity (Wildman–Crippen MR) is 94.7 cm³/mol. The highest BCUT2D eigenvalue weighted by molar-refractivity contribution is 7.15. The van der Waals surface area contributed by atoms with Gasteiger partial charge in [-0.2, -0.15) is 10.2 Å². The zero-order chi connectivity index (χ0) is 16.9. The van der Waals surface area contributed by atoms with Crippen molar-refractivity contribution in [1.82, 2.24) is 15.6 Å². The molecule has 122 valence electrons. The van der Waals surface area contributed by atoms with E-state index in [0.29, 0.717) is 5.75 Å². The second kappa shape index (κ2) is 7.10. The molecule has 1 amide bonds. The number of aryl methyl sites for hydroxylation is 1. The lowest BCUT2D eigenvalue weighted by Crippen LogP contribution is -2.18. The van der Waals surface area contributed by atoms with E-state index in [1.54, 1.807) is 24.5 Å². The van der Waals surface area contributed by atoms with Gasteiger partial charge in [-0.3, -0.25) is 9.89 Å². The summed E-state index contributed by atoms with van der Waals surface area (Å²) in [4.78, 5) is 14.3. The molecule has 0 fully saturated rings. The zero-order valence-electron chi connectivity index (χ0n) is 13.2. The van der Waals surface area contributed by atoms with Crippen molar-refractivity contribution in [3.63, 3.8) is 0 Å². The molecule has 0 aliphatic heterocycles. The first-order valence-electron chi connectivity index (χ1n) is 7.26. The van der Waals surface area contributed by atoms with Crippen LogP contribution < -0.4 is 10.2 Å². The summed E-state index contributed by atoms with van der Waals surface area (Å²) in [6, 6.07) is 13.1. The Hall–Kier alpha value is -2.93. The second-order valence-electron chi connectivity index (χ2n) is 5.02. The molecule has 0 radical (unpaired) electrons. The minimum Gasteiger partial charge on any atom is -0.496 e. The predicted octanol–water partition coefficient (Wildman–Crippen LogP) is 3.22. The molecule has 0 bridgehead atoms. The first kappa shape index (κ1) is 15.9. The van der Waals surface area contributed by atoms with Gasteiger partial charge < -0.3 is 4.74 Å². The van der Waals surface area contributed by atoms with E-state index in [1.807, 2.05) is 43.3 Å². The third kappa shape index (κ3) is 3.52. The molecule has 24 heavy (non-hydrogen) atoms. The van der Waals surface area contributed by atoms with Gasteiger partial charge in [0.1, 0.15) is 5.75 Å². The number of benzene rings is 1. The third-order valence-corrected chi connectivity index (χ3v) is 4.36. The van der Waals surface area contributed by atoms with Crippen molar-refractivity contribution in [1.29, 1.82) is 0 Å². The van der Waals surface area contributed by atoms with Gasteiger partial charge in [0.25, 0.3) is 5.91 Å². The summed E-state index contributed by atoms with van der Waals surface area (Å²) in [5.41, 5.74) is 4.34. The van der Waals surface area contributed by atoms with Gasteiger partial charge in [-0.05, 0) is 37.3 Å². The quantitative estimate of drug-likeness (QED) is 0.553. The first-order chi connectivity index (χ1) is 11.7. The third-order valence-electron chi connectivity index (χ3n) is 3.32. The Morgan fingerprint density at radius 1 is 1.33 bits per heavy atom. The molecule has 0 unspecified atom stereocenters. The number of hydrogen-bond donors (Lipinski definition) is 2. The van der Waals surface area contributed by atoms with Gasteiger partial charge in [-0.1, -0.05) is 12.1 Å². The van der Waals surface area contributed by atoms with Crippen molar-refractivity contribution in [2.24, 2.45) is 5.10 Å². The number of para-hydroxylation sites is 1. The van der Waals surface area contributed by atoms with Crippen LogP contribution in [0.4, 0.5) is 0 Å². The van der Waals surface area contributed by atoms with E-state index in [2.05, 4.69) is 20.7 Å². The summed E-state index contributed by atoms with van der Waals surface area (Å²) >= 11 is 1.64. The lowest BCUT2D eigenvalue weighted by molar-refractivity contribution is 0.0950. The molecule has 0 aliphatic carbocycles. The fourth-order valence-corrected chi connectivity index (χ4v) is 2.97. The van der Waals surface area contributed by atoms with Crippen LogP contribution in [0.1, 0.15) is 20.9 Å². The molecule has 3 aromatic rings. The molecule has 0 saturated heterocycles. The standard InChI is InChI=1S/C17H16N4O2S/c1-11-7-8-16(24-11)13-9-14(20-19-13)17(22)21-18-10-12-5-3-4-6-15(12)23-2/h3-10H,1-2H3,(H,19,20)(H,21,22)/b18-10-. The molecular formula is C17H16N4O2S. The number of nitrogens with one attached hydrogen (secondary N) is 2. The molecule has 3 rings (SSSR count). The van der Waals surface area contributed by atoms with Crippen LogP contribution in [0.2, 0.25) is 0 Å². The highest BCUT2D eigenvalue weighted by atomic mass is 32.1. The van der Waals surface area contributed by atoms with E-state index in [0.717, 1.165) is 16.1 Å². The second-order valence-corrected chi connectivity index (χ2v) is 6.31. The summed E-state index contributed by atoms with van der Waals surface area (Å²) in [6.45, 7) is 2.03.